The minimum Gasteiger partial charge on any atom is -0.228 e. The minimum atomic E-state index is -4.41. The maximum Gasteiger partial charge on any atom is 0.341 e. The normalized spacial score (nSPS) is 22.8. The van der Waals surface area contributed by atoms with Crippen LogP contribution < -0.4 is 0 Å². The van der Waals surface area contributed by atoms with Crippen LogP contribution in [-0.2, 0) is 12.8 Å². The Bertz CT molecular complexity index is 751. The van der Waals surface area contributed by atoms with Gasteiger partial charge in [-0.2, -0.15) is 8.78 Å². The Morgan fingerprint density at radius 1 is 0.696 bits per heavy atom. The molecular weight excluding hydrogens is 311 g/mol. The molecule has 23 heavy (non-hydrogen) atoms. The Hall–Kier alpha value is -2.17. The minimum absolute atomic E-state index is 0.197. The number of hydrogen-bond donors (Lipinski definition) is 0. The SMILES string of the molecule is FC1=C(F)C(F)(Cc2cccc(Cc3ccccc3)c2)C1(F)F. The van der Waals surface area contributed by atoms with E-state index in [1.54, 1.807) is 12.1 Å². The summed E-state index contributed by atoms with van der Waals surface area (Å²) in [5.41, 5.74) is -1.61. The molecule has 0 heterocycles. The first kappa shape index (κ1) is 15.7. The van der Waals surface area contributed by atoms with Crippen LogP contribution in [0.5, 0.6) is 0 Å². The lowest BCUT2D eigenvalue weighted by molar-refractivity contribution is -0.150. The lowest BCUT2D eigenvalue weighted by Gasteiger charge is -2.39. The highest BCUT2D eigenvalue weighted by atomic mass is 19.3. The summed E-state index contributed by atoms with van der Waals surface area (Å²) < 4.78 is 66.8. The largest absolute Gasteiger partial charge is 0.341 e. The molecule has 0 fully saturated rings. The second-order valence-electron chi connectivity index (χ2n) is 5.66. The summed E-state index contributed by atoms with van der Waals surface area (Å²) in [5.74, 6) is -8.72. The zero-order chi connectivity index (χ0) is 16.7. The Balaban J connectivity index is 1.82. The van der Waals surface area contributed by atoms with Crippen molar-refractivity contribution in [3.05, 3.63) is 82.9 Å². The van der Waals surface area contributed by atoms with Gasteiger partial charge in [-0.3, -0.25) is 0 Å². The molecule has 1 atom stereocenters. The van der Waals surface area contributed by atoms with Crippen LogP contribution in [0, 0.1) is 0 Å². The molecule has 0 aromatic heterocycles. The van der Waals surface area contributed by atoms with E-state index in [1.165, 1.54) is 12.1 Å². The van der Waals surface area contributed by atoms with Gasteiger partial charge in [0.25, 0.3) is 0 Å². The van der Waals surface area contributed by atoms with Crippen molar-refractivity contribution < 1.29 is 22.0 Å². The van der Waals surface area contributed by atoms with Crippen LogP contribution in [0.15, 0.2) is 66.3 Å². The fraction of sp³-hybridized carbons (Fsp3) is 0.222. The second kappa shape index (κ2) is 5.48. The fourth-order valence-electron chi connectivity index (χ4n) is 2.71. The molecule has 2 aromatic rings. The smallest absolute Gasteiger partial charge is 0.228 e. The number of hydrogen-bond acceptors (Lipinski definition) is 0. The molecule has 1 aliphatic rings. The summed E-state index contributed by atoms with van der Waals surface area (Å²) in [4.78, 5) is 0. The molecule has 2 aromatic carbocycles. The van der Waals surface area contributed by atoms with Gasteiger partial charge in [-0.15, -0.1) is 0 Å². The standard InChI is InChI=1S/C18H13F5/c19-15-16(20)18(22,23)17(15,21)11-14-8-4-7-13(10-14)9-12-5-2-1-3-6-12/h1-8,10H,9,11H2. The Morgan fingerprint density at radius 3 is 1.96 bits per heavy atom. The molecule has 0 saturated heterocycles. The van der Waals surface area contributed by atoms with Crippen molar-refractivity contribution in [2.24, 2.45) is 0 Å². The van der Waals surface area contributed by atoms with Crippen LogP contribution >= 0.6 is 0 Å². The molecule has 0 amide bonds. The Labute approximate surface area is 130 Å². The number of alkyl halides is 3. The van der Waals surface area contributed by atoms with Crippen LogP contribution in [0.25, 0.3) is 0 Å². The van der Waals surface area contributed by atoms with Crippen LogP contribution in [0.3, 0.4) is 0 Å². The third kappa shape index (κ3) is 2.54. The fourth-order valence-corrected chi connectivity index (χ4v) is 2.71. The lowest BCUT2D eigenvalue weighted by atomic mass is 9.78. The molecule has 0 saturated carbocycles. The van der Waals surface area contributed by atoms with Crippen molar-refractivity contribution in [3.8, 4) is 0 Å². The molecular formula is C18H13F5. The molecule has 0 radical (unpaired) electrons. The van der Waals surface area contributed by atoms with E-state index in [0.29, 0.717) is 6.42 Å². The highest BCUT2D eigenvalue weighted by Crippen LogP contribution is 2.56. The molecule has 5 heteroatoms. The van der Waals surface area contributed by atoms with E-state index in [2.05, 4.69) is 0 Å². The third-order valence-electron chi connectivity index (χ3n) is 4.00. The van der Waals surface area contributed by atoms with Crippen molar-refractivity contribution in [2.75, 3.05) is 0 Å². The van der Waals surface area contributed by atoms with Gasteiger partial charge < -0.3 is 0 Å². The van der Waals surface area contributed by atoms with Crippen LogP contribution in [0.4, 0.5) is 22.0 Å². The van der Waals surface area contributed by atoms with Gasteiger partial charge in [-0.05, 0) is 23.1 Å². The summed E-state index contributed by atoms with van der Waals surface area (Å²) in [6.45, 7) is 0. The van der Waals surface area contributed by atoms with Gasteiger partial charge in [0.2, 0.25) is 11.5 Å². The van der Waals surface area contributed by atoms with Crippen LogP contribution in [0.1, 0.15) is 16.7 Å². The van der Waals surface area contributed by atoms with Gasteiger partial charge >= 0.3 is 5.92 Å². The topological polar surface area (TPSA) is 0 Å². The molecule has 0 aliphatic heterocycles. The highest BCUT2D eigenvalue weighted by molar-refractivity contribution is 5.42. The van der Waals surface area contributed by atoms with E-state index in [4.69, 9.17) is 0 Å². The van der Waals surface area contributed by atoms with Gasteiger partial charge in [0.1, 0.15) is 0 Å². The summed E-state index contributed by atoms with van der Waals surface area (Å²) in [5, 5.41) is 0. The monoisotopic (exact) mass is 324 g/mol. The lowest BCUT2D eigenvalue weighted by Crippen LogP contribution is -2.55. The molecule has 120 valence electrons. The molecule has 1 unspecified atom stereocenters. The summed E-state index contributed by atoms with van der Waals surface area (Å²) in [7, 11) is 0. The molecule has 1 aliphatic carbocycles. The molecule has 0 bridgehead atoms. The van der Waals surface area contributed by atoms with Crippen LogP contribution in [-0.4, -0.2) is 11.6 Å². The van der Waals surface area contributed by atoms with Gasteiger partial charge in [0.05, 0.1) is 0 Å². The zero-order valence-corrected chi connectivity index (χ0v) is 12.0. The van der Waals surface area contributed by atoms with E-state index >= 15 is 0 Å². The number of allylic oxidation sites excluding steroid dienone is 2. The second-order valence-corrected chi connectivity index (χ2v) is 5.66. The van der Waals surface area contributed by atoms with E-state index in [-0.39, 0.29) is 5.56 Å². The van der Waals surface area contributed by atoms with Gasteiger partial charge in [-0.25, -0.2) is 13.2 Å². The maximum absolute atomic E-state index is 14.1. The van der Waals surface area contributed by atoms with Gasteiger partial charge in [0, 0.05) is 6.42 Å². The van der Waals surface area contributed by atoms with Gasteiger partial charge in [-0.1, -0.05) is 54.6 Å². The molecule has 0 nitrogen and oxygen atoms in total. The number of halogens is 5. The number of rotatable bonds is 4. The van der Waals surface area contributed by atoms with Crippen molar-refractivity contribution in [1.29, 1.82) is 0 Å². The quantitative estimate of drug-likeness (QED) is 0.667. The maximum atomic E-state index is 14.1. The average Bonchev–Trinajstić information content (AvgIpc) is 2.54. The van der Waals surface area contributed by atoms with Crippen molar-refractivity contribution in [3.63, 3.8) is 0 Å². The average molecular weight is 324 g/mol. The van der Waals surface area contributed by atoms with Crippen molar-refractivity contribution in [1.82, 2.24) is 0 Å². The summed E-state index contributed by atoms with van der Waals surface area (Å²) in [6.07, 6.45) is -0.362. The van der Waals surface area contributed by atoms with Crippen LogP contribution in [0.2, 0.25) is 0 Å². The molecule has 3 rings (SSSR count). The van der Waals surface area contributed by atoms with Gasteiger partial charge in [0.15, 0.2) is 5.83 Å². The number of benzene rings is 2. The Kier molecular flexibility index (Phi) is 3.74. The predicted octanol–water partition coefficient (Wildman–Crippen LogP) is 5.33. The zero-order valence-electron chi connectivity index (χ0n) is 12.0. The first-order valence-electron chi connectivity index (χ1n) is 7.09. The molecule has 0 spiro atoms. The first-order valence-corrected chi connectivity index (χ1v) is 7.09. The molecule has 0 N–H and O–H groups in total. The predicted molar refractivity (Wildman–Crippen MR) is 77.4 cm³/mol. The highest BCUT2D eigenvalue weighted by Gasteiger charge is 2.72. The van der Waals surface area contributed by atoms with Crippen molar-refractivity contribution >= 4 is 0 Å². The third-order valence-corrected chi connectivity index (χ3v) is 4.00. The summed E-state index contributed by atoms with van der Waals surface area (Å²) >= 11 is 0. The summed E-state index contributed by atoms with van der Waals surface area (Å²) in [6, 6.07) is 15.7. The van der Waals surface area contributed by atoms with E-state index < -0.39 is 29.7 Å². The van der Waals surface area contributed by atoms with Crippen molar-refractivity contribution in [2.45, 2.75) is 24.4 Å². The van der Waals surface area contributed by atoms with E-state index in [9.17, 15) is 22.0 Å². The first-order chi connectivity index (χ1) is 10.8. The van der Waals surface area contributed by atoms with E-state index in [1.807, 2.05) is 30.3 Å². The Morgan fingerprint density at radius 2 is 1.30 bits per heavy atom. The van der Waals surface area contributed by atoms with E-state index in [0.717, 1.165) is 11.1 Å².